The normalized spacial score (nSPS) is 13.5. The van der Waals surface area contributed by atoms with Crippen molar-refractivity contribution in [1.29, 1.82) is 0 Å². The lowest BCUT2D eigenvalue weighted by molar-refractivity contribution is 0.0602. The highest BCUT2D eigenvalue weighted by Gasteiger charge is 2.32. The number of carbonyl (C=O) groups excluding carboxylic acids is 1. The summed E-state index contributed by atoms with van der Waals surface area (Å²) in [7, 11) is 0. The average Bonchev–Trinajstić information content (AvgIpc) is 3.14. The van der Waals surface area contributed by atoms with Crippen LogP contribution in [0.5, 0.6) is 5.88 Å². The molecule has 4 rings (SSSR count). The Labute approximate surface area is 188 Å². The van der Waals surface area contributed by atoms with Gasteiger partial charge in [-0.15, -0.1) is 11.5 Å². The molecule has 1 saturated heterocycles. The van der Waals surface area contributed by atoms with Gasteiger partial charge in [-0.25, -0.2) is 0 Å². The van der Waals surface area contributed by atoms with Gasteiger partial charge < -0.3 is 14.7 Å². The molecule has 0 unspecified atom stereocenters. The van der Waals surface area contributed by atoms with E-state index in [-0.39, 0.29) is 12.5 Å². The Hall–Kier alpha value is -3.56. The zero-order valence-corrected chi connectivity index (χ0v) is 18.4. The molecule has 32 heavy (non-hydrogen) atoms. The van der Waals surface area contributed by atoms with E-state index in [9.17, 15) is 4.79 Å². The Bertz CT molecular complexity index is 1150. The van der Waals surface area contributed by atoms with Gasteiger partial charge in [-0.2, -0.15) is 0 Å². The van der Waals surface area contributed by atoms with Gasteiger partial charge in [-0.05, 0) is 49.2 Å². The highest BCUT2D eigenvalue weighted by molar-refractivity contribution is 5.96. The summed E-state index contributed by atoms with van der Waals surface area (Å²) in [6.45, 7) is 5.82. The molecule has 0 bridgehead atoms. The molecule has 0 atom stereocenters. The van der Waals surface area contributed by atoms with Gasteiger partial charge in [0.1, 0.15) is 0 Å². The standard InChI is InChI=1S/C26H27N3O3/c1-4-19-7-10-20(11-8-19)22-15-29(16-22)26(31)21-9-6-17(2)23(14-21)24-18(3)25(28-27-24)32-13-5-12-30/h1,6-11,14,22,30H,5,12-13,15-16H2,2-3H3,(H,27,28). The van der Waals surface area contributed by atoms with Crippen molar-refractivity contribution in [3.8, 4) is 29.5 Å². The topological polar surface area (TPSA) is 78.5 Å². The Balaban J connectivity index is 1.47. The second-order valence-electron chi connectivity index (χ2n) is 8.16. The van der Waals surface area contributed by atoms with Gasteiger partial charge in [-0.1, -0.05) is 24.1 Å². The number of aliphatic hydroxyl groups excluding tert-OH is 1. The van der Waals surface area contributed by atoms with Crippen molar-refractivity contribution in [2.45, 2.75) is 26.2 Å². The van der Waals surface area contributed by atoms with Crippen molar-refractivity contribution in [2.75, 3.05) is 26.3 Å². The van der Waals surface area contributed by atoms with Crippen LogP contribution in [-0.2, 0) is 0 Å². The molecule has 6 heteroatoms. The van der Waals surface area contributed by atoms with Gasteiger partial charge >= 0.3 is 0 Å². The van der Waals surface area contributed by atoms with Crippen LogP contribution in [0.3, 0.4) is 0 Å². The number of benzene rings is 2. The van der Waals surface area contributed by atoms with E-state index in [0.29, 0.717) is 43.5 Å². The number of aromatic nitrogens is 2. The van der Waals surface area contributed by atoms with Crippen LogP contribution in [0.1, 0.15) is 45.0 Å². The lowest BCUT2D eigenvalue weighted by atomic mass is 9.90. The molecular weight excluding hydrogens is 402 g/mol. The van der Waals surface area contributed by atoms with E-state index in [1.54, 1.807) is 0 Å². The molecule has 1 amide bonds. The van der Waals surface area contributed by atoms with E-state index in [1.807, 2.05) is 61.2 Å². The molecule has 1 aliphatic heterocycles. The minimum Gasteiger partial charge on any atom is -0.476 e. The summed E-state index contributed by atoms with van der Waals surface area (Å²) in [5, 5.41) is 16.2. The van der Waals surface area contributed by atoms with Crippen LogP contribution < -0.4 is 4.74 Å². The Morgan fingerprint density at radius 3 is 2.69 bits per heavy atom. The Morgan fingerprint density at radius 1 is 1.25 bits per heavy atom. The number of hydrogen-bond donors (Lipinski definition) is 2. The Morgan fingerprint density at radius 2 is 2.00 bits per heavy atom. The van der Waals surface area contributed by atoms with Crippen molar-refractivity contribution in [1.82, 2.24) is 15.1 Å². The highest BCUT2D eigenvalue weighted by atomic mass is 16.5. The number of nitrogens with zero attached hydrogens (tertiary/aromatic N) is 2. The van der Waals surface area contributed by atoms with E-state index < -0.39 is 0 Å². The van der Waals surface area contributed by atoms with Gasteiger partial charge in [0.2, 0.25) is 5.88 Å². The average molecular weight is 430 g/mol. The number of ether oxygens (including phenoxy) is 1. The Kier molecular flexibility index (Phi) is 6.29. The molecule has 3 aromatic rings. The number of carbonyl (C=O) groups is 1. The first kappa shape index (κ1) is 21.7. The quantitative estimate of drug-likeness (QED) is 0.444. The molecular formula is C26H27N3O3. The van der Waals surface area contributed by atoms with E-state index in [1.165, 1.54) is 5.56 Å². The number of amides is 1. The van der Waals surface area contributed by atoms with Gasteiger partial charge in [-0.3, -0.25) is 9.89 Å². The fourth-order valence-electron chi connectivity index (χ4n) is 3.93. The molecule has 0 radical (unpaired) electrons. The summed E-state index contributed by atoms with van der Waals surface area (Å²) >= 11 is 0. The molecule has 1 fully saturated rings. The molecule has 0 spiro atoms. The summed E-state index contributed by atoms with van der Waals surface area (Å²) < 4.78 is 5.64. The van der Waals surface area contributed by atoms with Crippen molar-refractivity contribution in [3.63, 3.8) is 0 Å². The van der Waals surface area contributed by atoms with E-state index in [0.717, 1.165) is 27.9 Å². The number of rotatable bonds is 7. The molecule has 0 aliphatic carbocycles. The molecule has 6 nitrogen and oxygen atoms in total. The maximum atomic E-state index is 13.1. The first-order chi connectivity index (χ1) is 15.5. The maximum absolute atomic E-state index is 13.1. The molecule has 0 saturated carbocycles. The minimum atomic E-state index is 0.0272. The summed E-state index contributed by atoms with van der Waals surface area (Å²) in [6.07, 6.45) is 5.98. The fraction of sp³-hybridized carbons (Fsp3) is 0.308. The third-order valence-electron chi connectivity index (χ3n) is 5.98. The van der Waals surface area contributed by atoms with Crippen LogP contribution in [0, 0.1) is 26.2 Å². The smallest absolute Gasteiger partial charge is 0.253 e. The van der Waals surface area contributed by atoms with Crippen molar-refractivity contribution >= 4 is 5.91 Å². The zero-order chi connectivity index (χ0) is 22.7. The number of hydrogen-bond acceptors (Lipinski definition) is 4. The van der Waals surface area contributed by atoms with Crippen LogP contribution in [0.2, 0.25) is 0 Å². The summed E-state index contributed by atoms with van der Waals surface area (Å²) in [4.78, 5) is 15.0. The largest absolute Gasteiger partial charge is 0.476 e. The molecule has 164 valence electrons. The fourth-order valence-corrected chi connectivity index (χ4v) is 3.93. The first-order valence-corrected chi connectivity index (χ1v) is 10.8. The van der Waals surface area contributed by atoms with Crippen LogP contribution in [0.4, 0.5) is 0 Å². The van der Waals surface area contributed by atoms with E-state index in [2.05, 4.69) is 16.1 Å². The molecule has 1 aliphatic rings. The van der Waals surface area contributed by atoms with Gasteiger partial charge in [0.25, 0.3) is 5.91 Å². The van der Waals surface area contributed by atoms with Crippen LogP contribution in [0.25, 0.3) is 11.3 Å². The number of aromatic amines is 1. The van der Waals surface area contributed by atoms with Gasteiger partial charge in [0, 0.05) is 54.3 Å². The van der Waals surface area contributed by atoms with Crippen molar-refractivity contribution in [3.05, 3.63) is 70.3 Å². The number of nitrogens with one attached hydrogen (secondary N) is 1. The predicted octanol–water partition coefficient (Wildman–Crippen LogP) is 3.68. The zero-order valence-electron chi connectivity index (χ0n) is 18.4. The van der Waals surface area contributed by atoms with Gasteiger partial charge in [0.05, 0.1) is 12.3 Å². The number of likely N-dealkylation sites (tertiary alicyclic amines) is 1. The SMILES string of the molecule is C#Cc1ccc(C2CN(C(=O)c3ccc(C)c(-c4[nH]nc(OCCCO)c4C)c3)C2)cc1. The van der Waals surface area contributed by atoms with E-state index >= 15 is 0 Å². The first-order valence-electron chi connectivity index (χ1n) is 10.8. The predicted molar refractivity (Wildman–Crippen MR) is 124 cm³/mol. The number of H-pyrrole nitrogens is 1. The lowest BCUT2D eigenvalue weighted by Crippen LogP contribution is -2.48. The van der Waals surface area contributed by atoms with E-state index in [4.69, 9.17) is 16.3 Å². The number of terminal acetylenes is 1. The highest BCUT2D eigenvalue weighted by Crippen LogP contribution is 2.32. The maximum Gasteiger partial charge on any atom is 0.253 e. The van der Waals surface area contributed by atoms with Crippen molar-refractivity contribution < 1.29 is 14.6 Å². The molecule has 1 aromatic heterocycles. The third kappa shape index (κ3) is 4.25. The van der Waals surface area contributed by atoms with Gasteiger partial charge in [0.15, 0.2) is 0 Å². The second-order valence-corrected chi connectivity index (χ2v) is 8.16. The monoisotopic (exact) mass is 429 g/mol. The minimum absolute atomic E-state index is 0.0272. The summed E-state index contributed by atoms with van der Waals surface area (Å²) in [5.41, 5.74) is 6.43. The third-order valence-corrected chi connectivity index (χ3v) is 5.98. The molecule has 2 N–H and O–H groups in total. The van der Waals surface area contributed by atoms with Crippen LogP contribution in [-0.4, -0.2) is 52.4 Å². The molecule has 2 heterocycles. The van der Waals surface area contributed by atoms with Crippen LogP contribution >= 0.6 is 0 Å². The summed E-state index contributed by atoms with van der Waals surface area (Å²) in [5.74, 6) is 3.51. The summed E-state index contributed by atoms with van der Waals surface area (Å²) in [6, 6.07) is 13.7. The number of aliphatic hydroxyl groups is 1. The lowest BCUT2D eigenvalue weighted by Gasteiger charge is -2.39. The van der Waals surface area contributed by atoms with Crippen LogP contribution in [0.15, 0.2) is 42.5 Å². The second kappa shape index (κ2) is 9.29. The number of aryl methyl sites for hydroxylation is 1. The molecule has 2 aromatic carbocycles. The van der Waals surface area contributed by atoms with Crippen molar-refractivity contribution in [2.24, 2.45) is 0 Å².